The van der Waals surface area contributed by atoms with Gasteiger partial charge < -0.3 is 19.2 Å². The summed E-state index contributed by atoms with van der Waals surface area (Å²) in [7, 11) is 3.85. The van der Waals surface area contributed by atoms with Gasteiger partial charge in [0.25, 0.3) is 0 Å². The molecule has 3 aromatic rings. The number of aromatic nitrogens is 4. The van der Waals surface area contributed by atoms with Crippen LogP contribution in [0.15, 0.2) is 36.9 Å². The molecule has 0 aromatic carbocycles. The van der Waals surface area contributed by atoms with Crippen molar-refractivity contribution >= 4 is 11.6 Å². The van der Waals surface area contributed by atoms with Gasteiger partial charge in [0.1, 0.15) is 11.5 Å². The zero-order valence-electron chi connectivity index (χ0n) is 15.4. The van der Waals surface area contributed by atoms with E-state index in [1.807, 2.05) is 42.0 Å². The topological polar surface area (TPSA) is 67.5 Å². The van der Waals surface area contributed by atoms with E-state index in [4.69, 9.17) is 0 Å². The van der Waals surface area contributed by atoms with E-state index in [2.05, 4.69) is 38.9 Å². The number of rotatable bonds is 5. The summed E-state index contributed by atoms with van der Waals surface area (Å²) in [6.45, 7) is 3.55. The lowest BCUT2D eigenvalue weighted by Gasteiger charge is -2.24. The zero-order valence-corrected chi connectivity index (χ0v) is 15.4. The predicted molar refractivity (Wildman–Crippen MR) is 98.5 cm³/mol. The molecule has 4 heterocycles. The third-order valence-electron chi connectivity index (χ3n) is 5.26. The van der Waals surface area contributed by atoms with Crippen LogP contribution in [0.2, 0.25) is 0 Å². The highest BCUT2D eigenvalue weighted by Crippen LogP contribution is 2.35. The lowest BCUT2D eigenvalue weighted by Crippen LogP contribution is -2.31. The minimum Gasteiger partial charge on any atom is -0.336 e. The van der Waals surface area contributed by atoms with E-state index in [1.54, 1.807) is 6.20 Å². The van der Waals surface area contributed by atoms with Crippen molar-refractivity contribution < 1.29 is 4.79 Å². The molecule has 1 aliphatic rings. The number of carbonyl (C=O) groups excluding carboxylic acids is 1. The highest BCUT2D eigenvalue weighted by atomic mass is 16.2. The van der Waals surface area contributed by atoms with Crippen molar-refractivity contribution in [2.45, 2.75) is 25.9 Å². The predicted octanol–water partition coefficient (Wildman–Crippen LogP) is 1.69. The summed E-state index contributed by atoms with van der Waals surface area (Å²) in [5, 5.41) is 3.52. The van der Waals surface area contributed by atoms with Crippen LogP contribution in [0.3, 0.4) is 0 Å². The van der Waals surface area contributed by atoms with E-state index in [9.17, 15) is 4.79 Å². The molecule has 2 atom stereocenters. The fourth-order valence-electron chi connectivity index (χ4n) is 3.83. The second-order valence-corrected chi connectivity index (χ2v) is 7.13. The highest BCUT2D eigenvalue weighted by Gasteiger charge is 2.40. The Kier molecular flexibility index (Phi) is 4.24. The SMILES string of the molecule is Cc1ccc2ncc(CNC[C@@H]3CC(=O)N(C)[C@H]3c3nccn3C)n2c1. The average Bonchev–Trinajstić information content (AvgIpc) is 3.28. The molecule has 1 aliphatic heterocycles. The molecule has 0 aliphatic carbocycles. The molecular weight excluding hydrogens is 328 g/mol. The number of hydrogen-bond donors (Lipinski definition) is 1. The van der Waals surface area contributed by atoms with E-state index in [0.717, 1.165) is 23.7 Å². The Labute approximate surface area is 152 Å². The zero-order chi connectivity index (χ0) is 18.3. The van der Waals surface area contributed by atoms with Crippen LogP contribution in [0.25, 0.3) is 5.65 Å². The Bertz CT molecular complexity index is 943. The number of amides is 1. The first-order valence-electron chi connectivity index (χ1n) is 8.91. The van der Waals surface area contributed by atoms with Crippen molar-refractivity contribution in [3.63, 3.8) is 0 Å². The van der Waals surface area contributed by atoms with Crippen LogP contribution in [0.5, 0.6) is 0 Å². The maximum absolute atomic E-state index is 12.3. The standard InChI is InChI=1S/C19H24N6O/c1-13-4-5-16-22-11-15(25(16)12-13)10-20-9-14-8-17(26)24(3)18(14)19-21-6-7-23(19)2/h4-7,11-12,14,18,20H,8-10H2,1-3H3/t14-,18+/m0/s1. The summed E-state index contributed by atoms with van der Waals surface area (Å²) in [6, 6.07) is 4.11. The van der Waals surface area contributed by atoms with Crippen LogP contribution in [-0.4, -0.2) is 43.3 Å². The van der Waals surface area contributed by atoms with Crippen molar-refractivity contribution in [3.8, 4) is 0 Å². The van der Waals surface area contributed by atoms with Crippen LogP contribution < -0.4 is 5.32 Å². The Balaban J connectivity index is 1.47. The maximum Gasteiger partial charge on any atom is 0.223 e. The molecule has 0 spiro atoms. The molecule has 1 saturated heterocycles. The van der Waals surface area contributed by atoms with Gasteiger partial charge in [-0.05, 0) is 18.6 Å². The average molecular weight is 352 g/mol. The third kappa shape index (κ3) is 2.88. The number of pyridine rings is 1. The molecule has 7 nitrogen and oxygen atoms in total. The maximum atomic E-state index is 12.3. The lowest BCUT2D eigenvalue weighted by atomic mass is 9.99. The Morgan fingerprint density at radius 2 is 2.12 bits per heavy atom. The molecule has 4 rings (SSSR count). The quantitative estimate of drug-likeness (QED) is 0.759. The number of nitrogens with one attached hydrogen (secondary N) is 1. The first-order chi connectivity index (χ1) is 12.5. The molecule has 1 amide bonds. The van der Waals surface area contributed by atoms with Crippen molar-refractivity contribution in [2.75, 3.05) is 13.6 Å². The molecule has 26 heavy (non-hydrogen) atoms. The molecule has 0 unspecified atom stereocenters. The summed E-state index contributed by atoms with van der Waals surface area (Å²) in [5.41, 5.74) is 3.28. The van der Waals surface area contributed by atoms with E-state index in [0.29, 0.717) is 13.0 Å². The number of hydrogen-bond acceptors (Lipinski definition) is 4. The van der Waals surface area contributed by atoms with Gasteiger partial charge in [-0.15, -0.1) is 0 Å². The Hall–Kier alpha value is -2.67. The van der Waals surface area contributed by atoms with Crippen LogP contribution in [0, 0.1) is 12.8 Å². The fourth-order valence-corrected chi connectivity index (χ4v) is 3.83. The van der Waals surface area contributed by atoms with Crippen molar-refractivity contribution in [3.05, 3.63) is 54.0 Å². The monoisotopic (exact) mass is 352 g/mol. The normalized spacial score (nSPS) is 20.4. The fraction of sp³-hybridized carbons (Fsp3) is 0.421. The van der Waals surface area contributed by atoms with Gasteiger partial charge in [-0.25, -0.2) is 9.97 Å². The molecule has 136 valence electrons. The molecule has 0 radical (unpaired) electrons. The van der Waals surface area contributed by atoms with Gasteiger partial charge >= 0.3 is 0 Å². The minimum absolute atomic E-state index is 0.0134. The van der Waals surface area contributed by atoms with Gasteiger partial charge in [0.05, 0.1) is 17.9 Å². The molecule has 3 aromatic heterocycles. The van der Waals surface area contributed by atoms with Crippen molar-refractivity contribution in [1.29, 1.82) is 0 Å². The number of aryl methyl sites for hydroxylation is 2. The van der Waals surface area contributed by atoms with Gasteiger partial charge in [0.15, 0.2) is 0 Å². The van der Waals surface area contributed by atoms with E-state index < -0.39 is 0 Å². The van der Waals surface area contributed by atoms with Crippen LogP contribution in [0.1, 0.15) is 29.5 Å². The second-order valence-electron chi connectivity index (χ2n) is 7.13. The van der Waals surface area contributed by atoms with Gasteiger partial charge in [0, 0.05) is 58.1 Å². The third-order valence-corrected chi connectivity index (χ3v) is 5.26. The Morgan fingerprint density at radius 1 is 1.27 bits per heavy atom. The summed E-state index contributed by atoms with van der Waals surface area (Å²) in [6.07, 6.45) is 8.27. The smallest absolute Gasteiger partial charge is 0.223 e. The van der Waals surface area contributed by atoms with Crippen molar-refractivity contribution in [1.82, 2.24) is 29.2 Å². The van der Waals surface area contributed by atoms with E-state index in [-0.39, 0.29) is 17.9 Å². The van der Waals surface area contributed by atoms with Crippen LogP contribution in [0.4, 0.5) is 0 Å². The molecule has 0 saturated carbocycles. The van der Waals surface area contributed by atoms with Crippen molar-refractivity contribution in [2.24, 2.45) is 13.0 Å². The summed E-state index contributed by atoms with van der Waals surface area (Å²) in [4.78, 5) is 23.0. The molecule has 1 N–H and O–H groups in total. The Morgan fingerprint density at radius 3 is 2.88 bits per heavy atom. The number of fused-ring (bicyclic) bond motifs is 1. The summed E-state index contributed by atoms with van der Waals surface area (Å²) in [5.74, 6) is 1.32. The number of imidazole rings is 2. The second kappa shape index (κ2) is 6.57. The summed E-state index contributed by atoms with van der Waals surface area (Å²) < 4.78 is 4.12. The number of nitrogens with zero attached hydrogens (tertiary/aromatic N) is 5. The van der Waals surface area contributed by atoms with Gasteiger partial charge in [0.2, 0.25) is 5.91 Å². The summed E-state index contributed by atoms with van der Waals surface area (Å²) >= 11 is 0. The lowest BCUT2D eigenvalue weighted by molar-refractivity contribution is -0.127. The molecule has 0 bridgehead atoms. The number of likely N-dealkylation sites (tertiary alicyclic amines) is 1. The minimum atomic E-state index is 0.0134. The largest absolute Gasteiger partial charge is 0.336 e. The molecular formula is C19H24N6O. The molecule has 7 heteroatoms. The van der Waals surface area contributed by atoms with Gasteiger partial charge in [-0.1, -0.05) is 6.07 Å². The van der Waals surface area contributed by atoms with Gasteiger partial charge in [-0.3, -0.25) is 4.79 Å². The number of carbonyl (C=O) groups is 1. The highest BCUT2D eigenvalue weighted by molar-refractivity contribution is 5.79. The van der Waals surface area contributed by atoms with E-state index >= 15 is 0 Å². The first kappa shape index (κ1) is 16.8. The molecule has 1 fully saturated rings. The van der Waals surface area contributed by atoms with Gasteiger partial charge in [-0.2, -0.15) is 0 Å². The van der Waals surface area contributed by atoms with Crippen LogP contribution >= 0.6 is 0 Å². The van der Waals surface area contributed by atoms with E-state index in [1.165, 1.54) is 5.56 Å². The van der Waals surface area contributed by atoms with Crippen LogP contribution in [-0.2, 0) is 18.4 Å². The first-order valence-corrected chi connectivity index (χ1v) is 8.91.